The number of hydrogen-bond acceptors (Lipinski definition) is 36. The van der Waals surface area contributed by atoms with E-state index in [-0.39, 0.29) is 51.2 Å². The molecule has 0 N–H and O–H groups in total. The van der Waals surface area contributed by atoms with Crippen LogP contribution in [0.3, 0.4) is 0 Å². The van der Waals surface area contributed by atoms with E-state index in [0.29, 0.717) is 35.3 Å². The Bertz CT molecular complexity index is 6350. The van der Waals surface area contributed by atoms with Crippen LogP contribution in [0.4, 0.5) is 79.0 Å². The van der Waals surface area contributed by atoms with Gasteiger partial charge in [0.1, 0.15) is 67.3 Å². The summed E-state index contributed by atoms with van der Waals surface area (Å²) in [5.41, 5.74) is -19.4. The van der Waals surface area contributed by atoms with Gasteiger partial charge in [-0.1, -0.05) is 109 Å². The maximum atomic E-state index is 10.7. The third-order valence-electron chi connectivity index (χ3n) is 14.8. The number of benzene rings is 6. The Hall–Kier alpha value is -13.2. The summed E-state index contributed by atoms with van der Waals surface area (Å²) in [6.45, 7) is 0. The molecule has 12 aromatic heterocycles. The zero-order valence-corrected chi connectivity index (χ0v) is 76.4. The van der Waals surface area contributed by atoms with Gasteiger partial charge < -0.3 is 53.8 Å². The van der Waals surface area contributed by atoms with Crippen molar-refractivity contribution in [3.8, 4) is 69.5 Å². The molecule has 0 aliphatic heterocycles. The molecule has 18 rings (SSSR count). The molecule has 0 unspecified atom stereocenters. The molecule has 63 heteroatoms. The standard InChI is InChI=1S/6C12H8N2O.6CHF3O3S.3Fe/c6*1-2-7-11-9(5-1)14-12(15-11)10-6-3-4-8-13-10;6*2-1(3,4)8(5,6)7;;;/h6*1-8H;6*(H,5,6,7);;;/q;;;;;;;;;;;;3*+2/p-6. The third kappa shape index (κ3) is 38.4. The number of rotatable bonds is 6. The van der Waals surface area contributed by atoms with Crippen LogP contribution in [0.1, 0.15) is 0 Å². The van der Waals surface area contributed by atoms with Crippen LogP contribution in [0.15, 0.2) is 318 Å². The molecule has 6 aromatic carbocycles. The summed E-state index contributed by atoms with van der Waals surface area (Å²) in [6, 6.07) is 80.1. The van der Waals surface area contributed by atoms with E-state index in [4.69, 9.17) is 104 Å². The molecular weight excluding hydrogens is 2190 g/mol. The van der Waals surface area contributed by atoms with Gasteiger partial charge in [-0.25, -0.2) is 80.4 Å². The summed E-state index contributed by atoms with van der Waals surface area (Å²) in [6.07, 6.45) is 10.4. The second kappa shape index (κ2) is 51.8. The Kier molecular flexibility index (Phi) is 44.1. The number of halogens is 18. The van der Waals surface area contributed by atoms with E-state index in [1.54, 1.807) is 37.2 Å². The number of nitrogens with zero attached hydrogens (tertiary/aromatic N) is 12. The Balaban J connectivity index is 0.000000324. The van der Waals surface area contributed by atoms with Gasteiger partial charge in [0.25, 0.3) is 0 Å². The summed E-state index contributed by atoms with van der Waals surface area (Å²) in [5, 5.41) is 0. The van der Waals surface area contributed by atoms with Gasteiger partial charge in [0.05, 0.1) is 0 Å². The maximum absolute atomic E-state index is 10.7. The topological polar surface area (TPSA) is 577 Å². The Morgan fingerprint density at radius 2 is 0.277 bits per heavy atom. The summed E-state index contributed by atoms with van der Waals surface area (Å²) in [7, 11) is -36.5. The number of aromatic nitrogens is 12. The molecule has 0 aliphatic rings. The molecule has 0 saturated heterocycles. The summed E-state index contributed by atoms with van der Waals surface area (Å²) in [5.74, 6) is 3.40. The van der Waals surface area contributed by atoms with Crippen molar-refractivity contribution >= 4 is 127 Å². The van der Waals surface area contributed by atoms with Gasteiger partial charge in [0.15, 0.2) is 94.2 Å². The van der Waals surface area contributed by atoms with Crippen molar-refractivity contribution in [2.45, 2.75) is 33.0 Å². The molecule has 0 aliphatic carbocycles. The van der Waals surface area contributed by atoms with E-state index in [0.717, 1.165) is 101 Å². The number of hydrogen-bond donors (Lipinski definition) is 0. The summed E-state index contributed by atoms with van der Waals surface area (Å²) in [4.78, 5) is 51.3. The second-order valence-electron chi connectivity index (χ2n) is 24.6. The van der Waals surface area contributed by atoms with Gasteiger partial charge in [0.2, 0.25) is 35.3 Å². The molecular formula is C78H48F18Fe3N12O24S6. The van der Waals surface area contributed by atoms with Gasteiger partial charge in [-0.15, -0.1) is 0 Å². The number of alkyl halides is 18. The zero-order chi connectivity index (χ0) is 103. The van der Waals surface area contributed by atoms with E-state index in [2.05, 4.69) is 59.8 Å². The largest absolute Gasteiger partial charge is 2.00 e. The van der Waals surface area contributed by atoms with Crippen LogP contribution >= 0.6 is 0 Å². The van der Waals surface area contributed by atoms with Crippen LogP contribution in [0, 0.1) is 0 Å². The summed E-state index contributed by atoms with van der Waals surface area (Å²) >= 11 is 0. The average molecular weight is 2240 g/mol. The summed E-state index contributed by atoms with van der Waals surface area (Å²) < 4.78 is 387. The number of pyridine rings is 6. The van der Waals surface area contributed by atoms with Crippen molar-refractivity contribution < 1.29 is 235 Å². The first-order chi connectivity index (χ1) is 64.1. The molecule has 36 nitrogen and oxygen atoms in total. The van der Waals surface area contributed by atoms with E-state index in [1.807, 2.05) is 255 Å². The fourth-order valence-corrected chi connectivity index (χ4v) is 8.83. The van der Waals surface area contributed by atoms with Crippen LogP contribution in [-0.2, 0) is 112 Å². The fourth-order valence-electron chi connectivity index (χ4n) is 8.83. The van der Waals surface area contributed by atoms with E-state index < -0.39 is 93.8 Å². The predicted octanol–water partition coefficient (Wildman–Crippen LogP) is 17.6. The minimum atomic E-state index is -6.09. The fraction of sp³-hybridized carbons (Fsp3) is 0.0769. The number of oxazole rings is 6. The normalized spacial score (nSPS) is 11.6. The molecule has 141 heavy (non-hydrogen) atoms. The van der Waals surface area contributed by atoms with Crippen LogP contribution in [0.5, 0.6) is 0 Å². The minimum Gasteiger partial charge on any atom is -0.741 e. The van der Waals surface area contributed by atoms with Crippen LogP contribution in [0.25, 0.3) is 136 Å². The Morgan fingerprint density at radius 3 is 0.362 bits per heavy atom. The molecule has 0 fully saturated rings. The zero-order valence-electron chi connectivity index (χ0n) is 68.2. The monoisotopic (exact) mass is 2240 g/mol. The second-order valence-corrected chi connectivity index (χ2v) is 32.8. The molecule has 12 heterocycles. The van der Waals surface area contributed by atoms with Crippen molar-refractivity contribution in [1.82, 2.24) is 59.8 Å². The Labute approximate surface area is 810 Å². The van der Waals surface area contributed by atoms with Gasteiger partial charge in [-0.05, 0) is 146 Å². The van der Waals surface area contributed by atoms with E-state index in [1.165, 1.54) is 0 Å². The van der Waals surface area contributed by atoms with Crippen molar-refractivity contribution in [2.75, 3.05) is 0 Å². The molecule has 18 aromatic rings. The van der Waals surface area contributed by atoms with Crippen molar-refractivity contribution in [1.29, 1.82) is 0 Å². The first-order valence-electron chi connectivity index (χ1n) is 35.8. The number of fused-ring (bicyclic) bond motifs is 6. The quantitative estimate of drug-likeness (QED) is 0.0645. The van der Waals surface area contributed by atoms with E-state index in [9.17, 15) is 79.0 Å². The van der Waals surface area contributed by atoms with Gasteiger partial charge in [-0.3, -0.25) is 29.9 Å². The van der Waals surface area contributed by atoms with E-state index >= 15 is 0 Å². The molecule has 0 spiro atoms. The molecule has 0 radical (unpaired) electrons. The van der Waals surface area contributed by atoms with Crippen molar-refractivity contribution in [3.05, 3.63) is 292 Å². The maximum Gasteiger partial charge on any atom is 2.00 e. The molecule has 750 valence electrons. The van der Waals surface area contributed by atoms with Crippen LogP contribution < -0.4 is 0 Å². The van der Waals surface area contributed by atoms with Crippen molar-refractivity contribution in [2.24, 2.45) is 0 Å². The van der Waals surface area contributed by atoms with Crippen LogP contribution in [0.2, 0.25) is 0 Å². The Morgan fingerprint density at radius 1 is 0.177 bits per heavy atom. The smallest absolute Gasteiger partial charge is 0.741 e. The van der Waals surface area contributed by atoms with Crippen LogP contribution in [-0.4, -0.2) is 171 Å². The average Bonchev–Trinajstić information content (AvgIpc) is 1.69. The van der Waals surface area contributed by atoms with Gasteiger partial charge >= 0.3 is 84.3 Å². The SMILES string of the molecule is O=S(=O)([O-])C(F)(F)F.O=S(=O)([O-])C(F)(F)F.O=S(=O)([O-])C(F)(F)F.O=S(=O)([O-])C(F)(F)F.O=S(=O)([O-])C(F)(F)F.O=S(=O)([O-])C(F)(F)F.[Fe+2].[Fe+2].[Fe+2].c1ccc(-c2nc3ccccc3o2)nc1.c1ccc(-c2nc3ccccc3o2)nc1.c1ccc(-c2nc3ccccc3o2)nc1.c1ccc(-c2nc3ccccc3o2)nc1.c1ccc(-c2nc3ccccc3o2)nc1.c1ccc(-c2nc3ccccc3o2)nc1. The van der Waals surface area contributed by atoms with Gasteiger partial charge in [0, 0.05) is 37.2 Å². The van der Waals surface area contributed by atoms with Crippen molar-refractivity contribution in [3.63, 3.8) is 0 Å². The molecule has 0 bridgehead atoms. The molecule has 0 atom stereocenters. The minimum absolute atomic E-state index is 0. The third-order valence-corrected chi connectivity index (χ3v) is 18.2. The molecule has 0 amide bonds. The predicted molar refractivity (Wildman–Crippen MR) is 438 cm³/mol. The first kappa shape index (κ1) is 120. The number of para-hydroxylation sites is 12. The molecule has 0 saturated carbocycles. The van der Waals surface area contributed by atoms with Gasteiger partial charge in [-0.2, -0.15) is 79.0 Å². The first-order valence-corrected chi connectivity index (χ1v) is 44.3.